The van der Waals surface area contributed by atoms with Crippen molar-refractivity contribution in [3.8, 4) is 0 Å². The molecule has 5 aromatic rings. The Hall–Kier alpha value is -3.36. The zero-order valence-corrected chi connectivity index (χ0v) is 31.4. The lowest BCUT2D eigenvalue weighted by Crippen LogP contribution is -3.00. The van der Waals surface area contributed by atoms with Crippen LogP contribution in [-0.2, 0) is 43.7 Å². The fourth-order valence-corrected chi connectivity index (χ4v) is 7.43. The SMILES string of the molecule is C[n+]1ccccc1C(OP(=O)(O)OC[C@H]1O[C@@H](n2cnc3c(N)ncnc32)C[C@@H]1O)OP(=O)(O)OC[C@H]1O[C@@H](n2cnc3c(N)ncnc32)C[C@@H]1O.[I-]. The first kappa shape index (κ1) is 39.3. The third kappa shape index (κ3) is 8.49. The lowest BCUT2D eigenvalue weighted by Gasteiger charge is -2.23. The number of phosphoric acid groups is 2. The van der Waals surface area contributed by atoms with Crippen LogP contribution in [0.3, 0.4) is 0 Å². The van der Waals surface area contributed by atoms with E-state index in [9.17, 15) is 29.1 Å². The van der Waals surface area contributed by atoms with Crippen molar-refractivity contribution in [3.63, 3.8) is 0 Å². The number of hydrogen-bond acceptors (Lipinski definition) is 18. The molecule has 53 heavy (non-hydrogen) atoms. The monoisotopic (exact) mass is 893 g/mol. The average molecular weight is 893 g/mol. The highest BCUT2D eigenvalue weighted by atomic mass is 127. The van der Waals surface area contributed by atoms with Crippen LogP contribution in [0.1, 0.15) is 37.3 Å². The smallest absolute Gasteiger partial charge is 0.475 e. The summed E-state index contributed by atoms with van der Waals surface area (Å²) in [4.78, 5) is 45.8. The van der Waals surface area contributed by atoms with E-state index >= 15 is 0 Å². The average Bonchev–Trinajstić information content (AvgIpc) is 3.88. The number of phosphoric ester groups is 2. The maximum absolute atomic E-state index is 13.2. The number of aryl methyl sites for hydroxylation is 1. The fourth-order valence-electron chi connectivity index (χ4n) is 5.78. The topological polar surface area (TPSA) is 314 Å². The molecule has 2 aliphatic heterocycles. The summed E-state index contributed by atoms with van der Waals surface area (Å²) in [6.07, 6.45) is -1.05. The second-order valence-corrected chi connectivity index (χ2v) is 14.7. The molecule has 2 aliphatic rings. The summed E-state index contributed by atoms with van der Waals surface area (Å²) in [7, 11) is -8.67. The Morgan fingerprint density at radius 3 is 1.75 bits per heavy atom. The Morgan fingerprint density at radius 2 is 1.30 bits per heavy atom. The molecule has 5 aromatic heterocycles. The van der Waals surface area contributed by atoms with Crippen LogP contribution in [0.15, 0.2) is 49.7 Å². The molecule has 7 heterocycles. The third-order valence-corrected chi connectivity index (χ3v) is 10.3. The molecule has 7 rings (SSSR count). The molecule has 0 saturated carbocycles. The summed E-state index contributed by atoms with van der Waals surface area (Å²) in [5.41, 5.74) is 13.1. The van der Waals surface area contributed by atoms with Crippen molar-refractivity contribution in [2.45, 2.75) is 56.0 Å². The number of pyridine rings is 1. The second kappa shape index (κ2) is 15.8. The molecule has 0 bridgehead atoms. The van der Waals surface area contributed by atoms with Crippen LogP contribution in [0.4, 0.5) is 11.6 Å². The molecule has 2 unspecified atom stereocenters. The van der Waals surface area contributed by atoms with Gasteiger partial charge in [-0.2, -0.15) is 0 Å². The normalized spacial score (nSPS) is 26.0. The minimum Gasteiger partial charge on any atom is -1.00 e. The minimum absolute atomic E-state index is 0. The summed E-state index contributed by atoms with van der Waals surface area (Å²) in [6, 6.07) is 4.57. The van der Waals surface area contributed by atoms with Crippen molar-refractivity contribution < 1.29 is 85.2 Å². The van der Waals surface area contributed by atoms with Gasteiger partial charge in [0.15, 0.2) is 29.1 Å². The van der Waals surface area contributed by atoms with Crippen molar-refractivity contribution in [3.05, 3.63) is 55.4 Å². The Morgan fingerprint density at radius 1 is 0.830 bits per heavy atom. The predicted octanol–water partition coefficient (Wildman–Crippen LogP) is -3.08. The number of nitrogen functional groups attached to an aromatic ring is 2. The largest absolute Gasteiger partial charge is 1.00 e. The van der Waals surface area contributed by atoms with Gasteiger partial charge >= 0.3 is 15.6 Å². The van der Waals surface area contributed by atoms with Gasteiger partial charge in [-0.1, -0.05) is 0 Å². The van der Waals surface area contributed by atoms with Crippen LogP contribution in [0.5, 0.6) is 0 Å². The number of anilines is 2. The molecule has 23 nitrogen and oxygen atoms in total. The Bertz CT molecular complexity index is 2050. The van der Waals surface area contributed by atoms with E-state index < -0.39 is 72.0 Å². The molecule has 0 radical (unpaired) electrons. The van der Waals surface area contributed by atoms with Crippen LogP contribution in [-0.4, -0.2) is 96.7 Å². The van der Waals surface area contributed by atoms with Crippen LogP contribution in [0.2, 0.25) is 0 Å². The van der Waals surface area contributed by atoms with Crippen LogP contribution in [0.25, 0.3) is 22.3 Å². The zero-order valence-electron chi connectivity index (χ0n) is 27.5. The summed E-state index contributed by atoms with van der Waals surface area (Å²) in [5, 5.41) is 21.3. The molecule has 2 fully saturated rings. The lowest BCUT2D eigenvalue weighted by atomic mass is 10.2. The maximum atomic E-state index is 13.2. The highest BCUT2D eigenvalue weighted by Gasteiger charge is 2.43. The van der Waals surface area contributed by atoms with E-state index in [1.807, 2.05) is 0 Å². The third-order valence-electron chi connectivity index (χ3n) is 8.40. The quantitative estimate of drug-likeness (QED) is 0.0296. The van der Waals surface area contributed by atoms with E-state index in [1.54, 1.807) is 6.07 Å². The predicted molar refractivity (Wildman–Crippen MR) is 173 cm³/mol. The fraction of sp³-hybridized carbons (Fsp3) is 0.444. The summed E-state index contributed by atoms with van der Waals surface area (Å²) >= 11 is 0. The highest BCUT2D eigenvalue weighted by molar-refractivity contribution is 7.48. The summed E-state index contributed by atoms with van der Waals surface area (Å²) in [5.74, 6) is 0.309. The molecule has 2 saturated heterocycles. The summed E-state index contributed by atoms with van der Waals surface area (Å²) in [6.45, 7) is -1.25. The van der Waals surface area contributed by atoms with E-state index in [2.05, 4.69) is 29.9 Å². The number of nitrogens with zero attached hydrogens (tertiary/aromatic N) is 9. The van der Waals surface area contributed by atoms with Gasteiger partial charge in [-0.05, 0) is 6.07 Å². The van der Waals surface area contributed by atoms with Crippen LogP contribution >= 0.6 is 15.6 Å². The Kier molecular flexibility index (Phi) is 11.7. The molecule has 0 aromatic carbocycles. The van der Waals surface area contributed by atoms with E-state index in [4.69, 9.17) is 39.0 Å². The van der Waals surface area contributed by atoms with Gasteiger partial charge in [0, 0.05) is 25.0 Å². The molecule has 0 amide bonds. The number of halogens is 1. The van der Waals surface area contributed by atoms with Gasteiger partial charge < -0.3 is 64.9 Å². The Labute approximate surface area is 316 Å². The van der Waals surface area contributed by atoms with Crippen LogP contribution < -0.4 is 40.0 Å². The zero-order chi connectivity index (χ0) is 36.8. The van der Waals surface area contributed by atoms with Crippen molar-refractivity contribution >= 4 is 49.6 Å². The molecule has 26 heteroatoms. The van der Waals surface area contributed by atoms with Gasteiger partial charge in [0.05, 0.1) is 38.1 Å². The molecule has 0 aliphatic carbocycles. The van der Waals surface area contributed by atoms with Crippen LogP contribution in [0, 0.1) is 0 Å². The second-order valence-electron chi connectivity index (χ2n) is 11.8. The maximum Gasteiger partial charge on any atom is 0.475 e. The highest BCUT2D eigenvalue weighted by Crippen LogP contribution is 2.55. The van der Waals surface area contributed by atoms with Gasteiger partial charge in [0.25, 0.3) is 6.29 Å². The number of imidazole rings is 2. The van der Waals surface area contributed by atoms with E-state index in [0.717, 1.165) is 0 Å². The molecule has 286 valence electrons. The van der Waals surface area contributed by atoms with Crippen molar-refractivity contribution in [2.75, 3.05) is 24.7 Å². The molecule has 8 N–H and O–H groups in total. The number of ether oxygens (including phenoxy) is 2. The van der Waals surface area contributed by atoms with Crippen molar-refractivity contribution in [1.82, 2.24) is 39.0 Å². The van der Waals surface area contributed by atoms with Crippen molar-refractivity contribution in [2.24, 2.45) is 7.05 Å². The van der Waals surface area contributed by atoms with Crippen molar-refractivity contribution in [1.29, 1.82) is 0 Å². The number of fused-ring (bicyclic) bond motifs is 2. The molecule has 8 atom stereocenters. The number of hydrogen-bond donors (Lipinski definition) is 6. The Balaban J connectivity index is 0.00000481. The number of rotatable bonds is 13. The van der Waals surface area contributed by atoms with Gasteiger partial charge in [-0.3, -0.25) is 18.2 Å². The van der Waals surface area contributed by atoms with Gasteiger partial charge in [0.1, 0.15) is 55.4 Å². The first-order chi connectivity index (χ1) is 24.8. The first-order valence-corrected chi connectivity index (χ1v) is 18.6. The number of nitrogens with two attached hydrogens (primary N) is 2. The molecular weight excluding hydrogens is 859 g/mol. The molecular formula is C27H34IN11O12P2. The van der Waals surface area contributed by atoms with E-state index in [1.165, 1.54) is 64.4 Å². The minimum atomic E-state index is -5.10. The number of aliphatic hydroxyl groups excluding tert-OH is 2. The first-order valence-electron chi connectivity index (χ1n) is 15.6. The van der Waals surface area contributed by atoms with E-state index in [-0.39, 0.29) is 54.1 Å². The van der Waals surface area contributed by atoms with Gasteiger partial charge in [0.2, 0.25) is 5.69 Å². The molecule has 0 spiro atoms. The van der Waals surface area contributed by atoms with Gasteiger partial charge in [-0.25, -0.2) is 52.6 Å². The number of aromatic nitrogens is 9. The van der Waals surface area contributed by atoms with Gasteiger partial charge in [-0.15, -0.1) is 0 Å². The lowest BCUT2D eigenvalue weighted by molar-refractivity contribution is -0.685. The summed E-state index contributed by atoms with van der Waals surface area (Å²) < 4.78 is 63.4. The standard InChI is InChI=1S/C27H33N11O12P2.HI/c1-36-5-3-2-4-14(36)27(49-51(41,42)45-8-17-15(39)6-19(47-17)37-12-34-21-23(28)30-10-32-25(21)37)50-52(43,44)46-9-18-16(40)7-20(48-18)38-13-35-22-24(29)31-11-33-26(22)38;/h2-5,10-13,15-20,27,39-40H,6-9H2,1H3,(H5-,28,29,30,31,32,33,41,42,43,44);1H/t15-,16-,17+,18+,19+,20+;/m0./s1. The number of aliphatic hydroxyl groups is 2. The van der Waals surface area contributed by atoms with E-state index in [0.29, 0.717) is 22.3 Å².